The number of nitrogens with one attached hydrogen (secondary N) is 1. The number of carbonyl (C=O) groups is 1. The summed E-state index contributed by atoms with van der Waals surface area (Å²) < 4.78 is 13.5. The van der Waals surface area contributed by atoms with Crippen molar-refractivity contribution in [3.63, 3.8) is 0 Å². The summed E-state index contributed by atoms with van der Waals surface area (Å²) in [5.41, 5.74) is 4.82. The van der Waals surface area contributed by atoms with Crippen molar-refractivity contribution in [2.75, 3.05) is 5.32 Å². The number of hydrogen-bond donors (Lipinski definition) is 2. The van der Waals surface area contributed by atoms with E-state index in [0.29, 0.717) is 0 Å². The Morgan fingerprint density at radius 1 is 1.53 bits per heavy atom. The Labute approximate surface area is 109 Å². The van der Waals surface area contributed by atoms with Gasteiger partial charge in [0.05, 0.1) is 4.92 Å². The van der Waals surface area contributed by atoms with Gasteiger partial charge in [-0.3, -0.25) is 14.9 Å². The van der Waals surface area contributed by atoms with E-state index in [1.54, 1.807) is 0 Å². The van der Waals surface area contributed by atoms with Gasteiger partial charge in [0.1, 0.15) is 0 Å². The van der Waals surface area contributed by atoms with E-state index in [0.717, 1.165) is 12.1 Å². The van der Waals surface area contributed by atoms with Gasteiger partial charge in [-0.05, 0) is 12.0 Å². The normalized spacial score (nSPS) is 12.3. The lowest BCUT2D eigenvalue weighted by molar-refractivity contribution is -0.384. The van der Waals surface area contributed by atoms with E-state index >= 15 is 0 Å². The highest BCUT2D eigenvalue weighted by molar-refractivity contribution is 5.93. The lowest BCUT2D eigenvalue weighted by Gasteiger charge is -2.15. The van der Waals surface area contributed by atoms with Crippen molar-refractivity contribution in [2.45, 2.75) is 26.3 Å². The molecule has 1 aromatic rings. The Bertz CT molecular complexity index is 491. The van der Waals surface area contributed by atoms with E-state index in [1.165, 1.54) is 6.07 Å². The van der Waals surface area contributed by atoms with Gasteiger partial charge >= 0.3 is 0 Å². The number of amides is 1. The maximum absolute atomic E-state index is 13.5. The van der Waals surface area contributed by atoms with Crippen molar-refractivity contribution < 1.29 is 14.1 Å². The van der Waals surface area contributed by atoms with Gasteiger partial charge in [0.25, 0.3) is 5.69 Å². The lowest BCUT2D eigenvalue weighted by atomic mass is 10.0. The predicted molar refractivity (Wildman–Crippen MR) is 69.1 cm³/mol. The van der Waals surface area contributed by atoms with Crippen LogP contribution >= 0.6 is 0 Å². The molecule has 0 aromatic heterocycles. The molecule has 3 N–H and O–H groups in total. The summed E-state index contributed by atoms with van der Waals surface area (Å²) in [5, 5.41) is 13.0. The molecule has 0 saturated heterocycles. The molecule has 0 bridgehead atoms. The van der Waals surface area contributed by atoms with E-state index in [2.05, 4.69) is 5.32 Å². The number of para-hydroxylation sites is 1. The van der Waals surface area contributed by atoms with Crippen LogP contribution in [0.3, 0.4) is 0 Å². The van der Waals surface area contributed by atoms with Crippen molar-refractivity contribution in [1.29, 1.82) is 0 Å². The fourth-order valence-electron chi connectivity index (χ4n) is 1.43. The van der Waals surface area contributed by atoms with E-state index < -0.39 is 28.0 Å². The van der Waals surface area contributed by atoms with Crippen molar-refractivity contribution in [2.24, 2.45) is 11.7 Å². The molecule has 0 aliphatic rings. The van der Waals surface area contributed by atoms with E-state index in [9.17, 15) is 19.3 Å². The lowest BCUT2D eigenvalue weighted by Crippen LogP contribution is -2.31. The summed E-state index contributed by atoms with van der Waals surface area (Å²) in [6, 6.07) is 3.00. The summed E-state index contributed by atoms with van der Waals surface area (Å²) >= 11 is 0. The topological polar surface area (TPSA) is 98.3 Å². The molecule has 0 spiro atoms. The number of nitro groups is 1. The Morgan fingerprint density at radius 3 is 2.68 bits per heavy atom. The standard InChI is InChI=1S/C12H16FN3O3/c1-7(2)9(14)6-11(17)15-12-8(13)4-3-5-10(12)16(18)19/h3-5,7,9H,6,14H2,1-2H3,(H,15,17). The Kier molecular flexibility index (Phi) is 4.94. The molecule has 0 saturated carbocycles. The summed E-state index contributed by atoms with van der Waals surface area (Å²) in [6.07, 6.45) is -0.0246. The highest BCUT2D eigenvalue weighted by Crippen LogP contribution is 2.27. The second-order valence-electron chi connectivity index (χ2n) is 4.55. The second kappa shape index (κ2) is 6.24. The third-order valence-electron chi connectivity index (χ3n) is 2.73. The zero-order valence-corrected chi connectivity index (χ0v) is 10.7. The molecule has 0 aliphatic carbocycles. The molecular weight excluding hydrogens is 253 g/mol. The zero-order valence-electron chi connectivity index (χ0n) is 10.7. The number of rotatable bonds is 5. The van der Waals surface area contributed by atoms with Gasteiger partial charge in [-0.15, -0.1) is 0 Å². The van der Waals surface area contributed by atoms with Crippen LogP contribution in [0.1, 0.15) is 20.3 Å². The van der Waals surface area contributed by atoms with Crippen LogP contribution < -0.4 is 11.1 Å². The van der Waals surface area contributed by atoms with Crippen LogP contribution in [0.2, 0.25) is 0 Å². The molecule has 0 fully saturated rings. The van der Waals surface area contributed by atoms with Gasteiger partial charge in [0.15, 0.2) is 11.5 Å². The molecule has 0 radical (unpaired) electrons. The first-order valence-corrected chi connectivity index (χ1v) is 5.81. The molecule has 0 aliphatic heterocycles. The predicted octanol–water partition coefficient (Wildman–Crippen LogP) is 2.05. The van der Waals surface area contributed by atoms with Gasteiger partial charge in [-0.2, -0.15) is 0 Å². The second-order valence-corrected chi connectivity index (χ2v) is 4.55. The first-order valence-electron chi connectivity index (χ1n) is 5.81. The van der Waals surface area contributed by atoms with Crippen LogP contribution in [0.4, 0.5) is 15.8 Å². The van der Waals surface area contributed by atoms with Crippen molar-refractivity contribution in [1.82, 2.24) is 0 Å². The minimum Gasteiger partial charge on any atom is -0.327 e. The quantitative estimate of drug-likeness (QED) is 0.631. The number of benzene rings is 1. The molecule has 0 heterocycles. The largest absolute Gasteiger partial charge is 0.327 e. The number of halogens is 1. The molecule has 6 nitrogen and oxygen atoms in total. The number of carbonyl (C=O) groups excluding carboxylic acids is 1. The van der Waals surface area contributed by atoms with Crippen LogP contribution in [-0.2, 0) is 4.79 Å². The van der Waals surface area contributed by atoms with Crippen molar-refractivity contribution in [3.05, 3.63) is 34.1 Å². The third kappa shape index (κ3) is 3.99. The highest BCUT2D eigenvalue weighted by atomic mass is 19.1. The average molecular weight is 269 g/mol. The number of nitrogens with two attached hydrogens (primary N) is 1. The van der Waals surface area contributed by atoms with Crippen molar-refractivity contribution in [3.8, 4) is 0 Å². The minimum absolute atomic E-state index is 0.0246. The smallest absolute Gasteiger partial charge is 0.295 e. The molecule has 1 aromatic carbocycles. The van der Waals surface area contributed by atoms with Crippen molar-refractivity contribution >= 4 is 17.3 Å². The van der Waals surface area contributed by atoms with Gasteiger partial charge in [-0.25, -0.2) is 4.39 Å². The van der Waals surface area contributed by atoms with Gasteiger partial charge in [-0.1, -0.05) is 19.9 Å². The first kappa shape index (κ1) is 15.0. The molecule has 19 heavy (non-hydrogen) atoms. The number of hydrogen-bond acceptors (Lipinski definition) is 4. The van der Waals surface area contributed by atoms with Gasteiger partial charge in [0, 0.05) is 18.5 Å². The number of nitro benzene ring substituents is 1. The Balaban J connectivity index is 2.88. The van der Waals surface area contributed by atoms with Gasteiger partial charge < -0.3 is 11.1 Å². The van der Waals surface area contributed by atoms with Crippen LogP contribution in [0.15, 0.2) is 18.2 Å². The maximum Gasteiger partial charge on any atom is 0.295 e. The van der Waals surface area contributed by atoms with Crippen LogP contribution in [0.25, 0.3) is 0 Å². The Morgan fingerprint density at radius 2 is 2.16 bits per heavy atom. The van der Waals surface area contributed by atoms with Crippen LogP contribution in [0.5, 0.6) is 0 Å². The number of anilines is 1. The fourth-order valence-corrected chi connectivity index (χ4v) is 1.43. The molecule has 7 heteroatoms. The van der Waals surface area contributed by atoms with Gasteiger partial charge in [0.2, 0.25) is 5.91 Å². The van der Waals surface area contributed by atoms with E-state index in [1.807, 2.05) is 13.8 Å². The summed E-state index contributed by atoms with van der Waals surface area (Å²) in [6.45, 7) is 3.70. The van der Waals surface area contributed by atoms with Crippen LogP contribution in [0, 0.1) is 21.8 Å². The molecule has 1 atom stereocenters. The fraction of sp³-hybridized carbons (Fsp3) is 0.417. The summed E-state index contributed by atoms with van der Waals surface area (Å²) in [4.78, 5) is 21.7. The SMILES string of the molecule is CC(C)C(N)CC(=O)Nc1c(F)cccc1[N+](=O)[O-]. The summed E-state index contributed by atoms with van der Waals surface area (Å²) in [7, 11) is 0. The molecule has 1 amide bonds. The minimum atomic E-state index is -0.847. The maximum atomic E-state index is 13.5. The number of nitrogens with zero attached hydrogens (tertiary/aromatic N) is 1. The average Bonchev–Trinajstić information content (AvgIpc) is 2.31. The summed E-state index contributed by atoms with van der Waals surface area (Å²) in [5.74, 6) is -1.31. The third-order valence-corrected chi connectivity index (χ3v) is 2.73. The van der Waals surface area contributed by atoms with E-state index in [-0.39, 0.29) is 18.4 Å². The first-order chi connectivity index (χ1) is 8.82. The molecule has 1 rings (SSSR count). The molecular formula is C12H16FN3O3. The monoisotopic (exact) mass is 269 g/mol. The zero-order chi connectivity index (χ0) is 14.6. The molecule has 1 unspecified atom stereocenters. The Hall–Kier alpha value is -2.02. The molecule has 104 valence electrons. The van der Waals surface area contributed by atoms with E-state index in [4.69, 9.17) is 5.73 Å². The highest BCUT2D eigenvalue weighted by Gasteiger charge is 2.21. The van der Waals surface area contributed by atoms with Crippen LogP contribution in [-0.4, -0.2) is 16.9 Å².